The lowest BCUT2D eigenvalue weighted by Gasteiger charge is -2.22. The van der Waals surface area contributed by atoms with Crippen LogP contribution >= 0.6 is 0 Å². The van der Waals surface area contributed by atoms with Crippen LogP contribution in [0.1, 0.15) is 18.1 Å². The van der Waals surface area contributed by atoms with Gasteiger partial charge in [0.25, 0.3) is 5.91 Å². The van der Waals surface area contributed by atoms with Gasteiger partial charge in [0, 0.05) is 12.2 Å². The molecule has 0 saturated carbocycles. The molecule has 0 aliphatic rings. The molecule has 2 rings (SSSR count). The van der Waals surface area contributed by atoms with Crippen LogP contribution in [0.3, 0.4) is 0 Å². The van der Waals surface area contributed by atoms with E-state index in [0.717, 1.165) is 16.8 Å². The van der Waals surface area contributed by atoms with Crippen molar-refractivity contribution >= 4 is 17.4 Å². The maximum absolute atomic E-state index is 12.5. The van der Waals surface area contributed by atoms with Crippen molar-refractivity contribution in [3.8, 4) is 0 Å². The first-order chi connectivity index (χ1) is 10.4. The Balaban J connectivity index is 2.19. The molecular weight excluding hydrogens is 284 g/mol. The number of anilines is 1. The minimum Gasteiger partial charge on any atom is -0.358 e. The van der Waals surface area contributed by atoms with E-state index in [1.807, 2.05) is 39.0 Å². The van der Waals surface area contributed by atoms with Gasteiger partial charge in [0.2, 0.25) is 0 Å². The lowest BCUT2D eigenvalue weighted by Crippen LogP contribution is -2.34. The molecule has 116 valence electrons. The highest BCUT2D eigenvalue weighted by molar-refractivity contribution is 5.93. The van der Waals surface area contributed by atoms with E-state index in [9.17, 15) is 14.9 Å². The van der Waals surface area contributed by atoms with Gasteiger partial charge >= 0.3 is 5.82 Å². The highest BCUT2D eigenvalue weighted by Crippen LogP contribution is 2.21. The van der Waals surface area contributed by atoms with Gasteiger partial charge in [-0.3, -0.25) is 4.79 Å². The van der Waals surface area contributed by atoms with Gasteiger partial charge in [-0.1, -0.05) is 17.7 Å². The Morgan fingerprint density at radius 2 is 2.09 bits per heavy atom. The lowest BCUT2D eigenvalue weighted by atomic mass is 10.1. The van der Waals surface area contributed by atoms with Gasteiger partial charge < -0.3 is 15.0 Å². The molecule has 0 bridgehead atoms. The zero-order valence-electron chi connectivity index (χ0n) is 12.8. The number of hydrogen-bond acceptors (Lipinski definition) is 4. The van der Waals surface area contributed by atoms with Crippen LogP contribution in [0.2, 0.25) is 0 Å². The maximum Gasteiger partial charge on any atom is 0.389 e. The topological polar surface area (TPSA) is 81.3 Å². The zero-order valence-corrected chi connectivity index (χ0v) is 12.8. The second kappa shape index (κ2) is 6.38. The van der Waals surface area contributed by atoms with E-state index in [1.165, 1.54) is 16.9 Å². The van der Waals surface area contributed by atoms with Crippen LogP contribution in [0.15, 0.2) is 30.5 Å². The number of aryl methyl sites for hydroxylation is 2. The third-order valence-corrected chi connectivity index (χ3v) is 3.37. The number of amides is 1. The molecule has 1 aromatic heterocycles. The van der Waals surface area contributed by atoms with E-state index in [-0.39, 0.29) is 18.3 Å². The largest absolute Gasteiger partial charge is 0.389 e. The molecule has 2 aromatic rings. The van der Waals surface area contributed by atoms with E-state index < -0.39 is 4.92 Å². The van der Waals surface area contributed by atoms with Crippen molar-refractivity contribution in [2.24, 2.45) is 0 Å². The highest BCUT2D eigenvalue weighted by Gasteiger charge is 2.19. The first kappa shape index (κ1) is 15.7. The standard InChI is InChI=1S/C15H18N4O3/c1-4-18(13-6-5-11(2)9-12(13)3)15(20)10-17-8-7-14(16-17)19(21)22/h5-9H,4,10H2,1-3H3. The molecule has 7 nitrogen and oxygen atoms in total. The van der Waals surface area contributed by atoms with Gasteiger partial charge in [0.1, 0.15) is 6.54 Å². The highest BCUT2D eigenvalue weighted by atomic mass is 16.6. The lowest BCUT2D eigenvalue weighted by molar-refractivity contribution is -0.389. The molecule has 1 heterocycles. The Kier molecular flexibility index (Phi) is 4.55. The van der Waals surface area contributed by atoms with Crippen LogP contribution in [0, 0.1) is 24.0 Å². The number of hydrogen-bond donors (Lipinski definition) is 0. The fourth-order valence-electron chi connectivity index (χ4n) is 2.35. The van der Waals surface area contributed by atoms with Crippen LogP contribution in [0.5, 0.6) is 0 Å². The summed E-state index contributed by atoms with van der Waals surface area (Å²) in [5.41, 5.74) is 2.99. The third-order valence-electron chi connectivity index (χ3n) is 3.37. The predicted octanol–water partition coefficient (Wildman–Crippen LogP) is 2.46. The SMILES string of the molecule is CCN(C(=O)Cn1ccc([N+](=O)[O-])n1)c1ccc(C)cc1C. The number of aromatic nitrogens is 2. The molecule has 0 aliphatic carbocycles. The summed E-state index contributed by atoms with van der Waals surface area (Å²) in [6, 6.07) is 7.17. The van der Waals surface area contributed by atoms with Gasteiger partial charge in [-0.25, -0.2) is 0 Å². The van der Waals surface area contributed by atoms with Gasteiger partial charge in [-0.2, -0.15) is 4.68 Å². The summed E-state index contributed by atoms with van der Waals surface area (Å²) in [6.07, 6.45) is 1.44. The number of rotatable bonds is 5. The van der Waals surface area contributed by atoms with Crippen LogP contribution < -0.4 is 4.90 Å². The molecule has 0 unspecified atom stereocenters. The Labute approximate surface area is 128 Å². The number of carbonyl (C=O) groups excluding carboxylic acids is 1. The van der Waals surface area contributed by atoms with Crippen molar-refractivity contribution < 1.29 is 9.72 Å². The molecular formula is C15H18N4O3. The maximum atomic E-state index is 12.5. The van der Waals surface area contributed by atoms with Crippen molar-refractivity contribution in [1.29, 1.82) is 0 Å². The Hall–Kier alpha value is -2.70. The Bertz CT molecular complexity index is 709. The summed E-state index contributed by atoms with van der Waals surface area (Å²) < 4.78 is 1.28. The van der Waals surface area contributed by atoms with Crippen LogP contribution in [-0.2, 0) is 11.3 Å². The molecule has 0 saturated heterocycles. The molecule has 0 atom stereocenters. The smallest absolute Gasteiger partial charge is 0.358 e. The van der Waals surface area contributed by atoms with E-state index in [2.05, 4.69) is 5.10 Å². The van der Waals surface area contributed by atoms with E-state index in [1.54, 1.807) is 4.90 Å². The fourth-order valence-corrected chi connectivity index (χ4v) is 2.35. The fraction of sp³-hybridized carbons (Fsp3) is 0.333. The summed E-state index contributed by atoms with van der Waals surface area (Å²) in [6.45, 7) is 6.33. The van der Waals surface area contributed by atoms with E-state index in [4.69, 9.17) is 0 Å². The predicted molar refractivity (Wildman–Crippen MR) is 82.8 cm³/mol. The first-order valence-corrected chi connectivity index (χ1v) is 6.98. The van der Waals surface area contributed by atoms with Crippen molar-refractivity contribution in [2.45, 2.75) is 27.3 Å². The van der Waals surface area contributed by atoms with Crippen molar-refractivity contribution in [3.63, 3.8) is 0 Å². The Morgan fingerprint density at radius 3 is 2.64 bits per heavy atom. The molecule has 22 heavy (non-hydrogen) atoms. The number of nitro groups is 1. The van der Waals surface area contributed by atoms with Crippen molar-refractivity contribution in [1.82, 2.24) is 9.78 Å². The van der Waals surface area contributed by atoms with Crippen LogP contribution in [-0.4, -0.2) is 27.2 Å². The summed E-state index contributed by atoms with van der Waals surface area (Å²) in [7, 11) is 0. The second-order valence-electron chi connectivity index (χ2n) is 5.06. The number of carbonyl (C=O) groups is 1. The molecule has 0 aliphatic heterocycles. The first-order valence-electron chi connectivity index (χ1n) is 6.98. The molecule has 1 amide bonds. The van der Waals surface area contributed by atoms with Gasteiger partial charge in [0.15, 0.2) is 0 Å². The molecule has 0 spiro atoms. The number of benzene rings is 1. The summed E-state index contributed by atoms with van der Waals surface area (Å²) in [5, 5.41) is 14.4. The normalized spacial score (nSPS) is 10.5. The average Bonchev–Trinajstić information content (AvgIpc) is 2.90. The molecule has 0 N–H and O–H groups in total. The van der Waals surface area contributed by atoms with Crippen LogP contribution in [0.25, 0.3) is 0 Å². The minimum absolute atomic E-state index is 0.0327. The molecule has 7 heteroatoms. The Morgan fingerprint density at radius 1 is 1.36 bits per heavy atom. The van der Waals surface area contributed by atoms with Crippen molar-refractivity contribution in [2.75, 3.05) is 11.4 Å². The summed E-state index contributed by atoms with van der Waals surface area (Å²) in [5.74, 6) is -0.421. The summed E-state index contributed by atoms with van der Waals surface area (Å²) in [4.78, 5) is 24.2. The molecule has 0 radical (unpaired) electrons. The number of likely N-dealkylation sites (N-methyl/N-ethyl adjacent to an activating group) is 1. The van der Waals surface area contributed by atoms with Crippen LogP contribution in [0.4, 0.5) is 11.5 Å². The monoisotopic (exact) mass is 302 g/mol. The molecule has 0 fully saturated rings. The van der Waals surface area contributed by atoms with Gasteiger partial charge in [-0.15, -0.1) is 0 Å². The third kappa shape index (κ3) is 3.30. The quantitative estimate of drug-likeness (QED) is 0.627. The number of nitrogens with zero attached hydrogens (tertiary/aromatic N) is 4. The second-order valence-corrected chi connectivity index (χ2v) is 5.06. The average molecular weight is 302 g/mol. The molecule has 1 aromatic carbocycles. The van der Waals surface area contributed by atoms with Gasteiger partial charge in [-0.05, 0) is 37.3 Å². The van der Waals surface area contributed by atoms with Gasteiger partial charge in [0.05, 0.1) is 17.4 Å². The van der Waals surface area contributed by atoms with E-state index in [0.29, 0.717) is 6.54 Å². The zero-order chi connectivity index (χ0) is 16.3. The van der Waals surface area contributed by atoms with Crippen molar-refractivity contribution in [3.05, 3.63) is 51.7 Å². The minimum atomic E-state index is -0.581. The summed E-state index contributed by atoms with van der Waals surface area (Å²) >= 11 is 0. The van der Waals surface area contributed by atoms with E-state index >= 15 is 0 Å².